The number of aliphatic imine (C=N–C) groups is 1. The van der Waals surface area contributed by atoms with Crippen LogP contribution in [0.3, 0.4) is 0 Å². The number of ether oxygens (including phenoxy) is 3. The normalized spacial score (nSPS) is 14.9. The summed E-state index contributed by atoms with van der Waals surface area (Å²) in [6.07, 6.45) is 4.44. The van der Waals surface area contributed by atoms with E-state index in [0.29, 0.717) is 46.0 Å². The van der Waals surface area contributed by atoms with Crippen LogP contribution in [0.2, 0.25) is 0 Å². The van der Waals surface area contributed by atoms with E-state index in [4.69, 9.17) is 28.7 Å². The van der Waals surface area contributed by atoms with Crippen molar-refractivity contribution in [2.75, 3.05) is 20.8 Å². The maximum Gasteiger partial charge on any atom is 0.371 e. The number of hydrogen-bond acceptors (Lipinski definition) is 8. The molecule has 2 aromatic heterocycles. The molecule has 0 aliphatic carbocycles. The fraction of sp³-hybridized carbons (Fsp3) is 0.147. The minimum absolute atomic E-state index is 0.0228. The Labute approximate surface area is 262 Å². The number of nitrogens with one attached hydrogen (secondary N) is 1. The number of amidine groups is 1. The van der Waals surface area contributed by atoms with E-state index in [1.807, 2.05) is 54.7 Å². The first kappa shape index (κ1) is 29.6. The van der Waals surface area contributed by atoms with Crippen LogP contribution in [-0.4, -0.2) is 52.8 Å². The number of thioether (sulfide) groups is 1. The van der Waals surface area contributed by atoms with Gasteiger partial charge in [-0.15, -0.1) is 0 Å². The Bertz CT molecular complexity index is 1920. The monoisotopic (exact) mass is 623 g/mol. The Kier molecular flexibility index (Phi) is 8.61. The first-order chi connectivity index (χ1) is 21.9. The second-order valence-electron chi connectivity index (χ2n) is 10.0. The number of nitrogens with zero attached hydrogens (tertiary/aromatic N) is 2. The minimum Gasteiger partial charge on any atom is -0.497 e. The van der Waals surface area contributed by atoms with Crippen LogP contribution in [0, 0.1) is 0 Å². The van der Waals surface area contributed by atoms with Gasteiger partial charge in [-0.05, 0) is 90.0 Å². The Morgan fingerprint density at radius 3 is 2.60 bits per heavy atom. The number of aromatic amines is 1. The van der Waals surface area contributed by atoms with Gasteiger partial charge in [0.05, 0.1) is 24.8 Å². The largest absolute Gasteiger partial charge is 0.497 e. The molecule has 228 valence electrons. The summed E-state index contributed by atoms with van der Waals surface area (Å²) in [7, 11) is 3.13. The van der Waals surface area contributed by atoms with E-state index in [9.17, 15) is 9.59 Å². The highest BCUT2D eigenvalue weighted by molar-refractivity contribution is 8.18. The molecule has 1 aliphatic heterocycles. The molecule has 3 aromatic carbocycles. The average Bonchev–Trinajstić information content (AvgIpc) is 3.78. The van der Waals surface area contributed by atoms with Crippen molar-refractivity contribution in [1.29, 1.82) is 0 Å². The van der Waals surface area contributed by atoms with Crippen LogP contribution in [-0.2, 0) is 17.8 Å². The molecule has 11 heteroatoms. The van der Waals surface area contributed by atoms with Crippen molar-refractivity contribution in [3.8, 4) is 17.2 Å². The standard InChI is InChI=1S/C34H29N3O7S/c1-41-24-10-8-23(9-11-24)36-34-37(16-15-22-19-35-27-6-4-3-5-26(22)27)32(38)31(45-34)18-21-7-13-28(30(17-21)42-2)43-20-25-12-14-29(44-25)33(39)40/h3-14,17-19,35H,15-16,20H2,1-2H3,(H,39,40)/b31-18-,36-34?. The van der Waals surface area contributed by atoms with Crippen LogP contribution >= 0.6 is 11.8 Å². The van der Waals surface area contributed by atoms with Crippen molar-refractivity contribution in [2.24, 2.45) is 4.99 Å². The van der Waals surface area contributed by atoms with Crippen LogP contribution in [0.4, 0.5) is 5.69 Å². The number of furan rings is 1. The van der Waals surface area contributed by atoms with Crippen LogP contribution in [0.5, 0.6) is 17.2 Å². The van der Waals surface area contributed by atoms with Crippen molar-refractivity contribution < 1.29 is 33.3 Å². The number of rotatable bonds is 11. The van der Waals surface area contributed by atoms with E-state index in [1.165, 1.54) is 24.9 Å². The molecule has 3 heterocycles. The summed E-state index contributed by atoms with van der Waals surface area (Å²) in [5.41, 5.74) is 3.62. The van der Waals surface area contributed by atoms with E-state index >= 15 is 0 Å². The van der Waals surface area contributed by atoms with E-state index in [0.717, 1.165) is 27.8 Å². The number of para-hydroxylation sites is 1. The summed E-state index contributed by atoms with van der Waals surface area (Å²) in [6.45, 7) is 0.474. The van der Waals surface area contributed by atoms with Gasteiger partial charge < -0.3 is 28.7 Å². The van der Waals surface area contributed by atoms with Crippen molar-refractivity contribution in [1.82, 2.24) is 9.88 Å². The quantitative estimate of drug-likeness (QED) is 0.152. The number of carbonyl (C=O) groups excluding carboxylic acids is 1. The number of H-pyrrole nitrogens is 1. The number of amides is 1. The molecule has 1 fully saturated rings. The van der Waals surface area contributed by atoms with E-state index in [1.54, 1.807) is 36.3 Å². The number of carboxylic acids is 1. The summed E-state index contributed by atoms with van der Waals surface area (Å²) in [5.74, 6) is 0.536. The van der Waals surface area contributed by atoms with Crippen molar-refractivity contribution in [2.45, 2.75) is 13.0 Å². The number of carboxylic acid groups (broad SMARTS) is 1. The van der Waals surface area contributed by atoms with Gasteiger partial charge in [0.1, 0.15) is 18.1 Å². The lowest BCUT2D eigenvalue weighted by Gasteiger charge is -2.15. The van der Waals surface area contributed by atoms with Gasteiger partial charge >= 0.3 is 5.97 Å². The summed E-state index contributed by atoms with van der Waals surface area (Å²) >= 11 is 1.31. The summed E-state index contributed by atoms with van der Waals surface area (Å²) in [4.78, 5) is 35.2. The maximum atomic E-state index is 13.8. The van der Waals surface area contributed by atoms with Gasteiger partial charge in [-0.25, -0.2) is 9.79 Å². The van der Waals surface area contributed by atoms with Crippen LogP contribution in [0.1, 0.15) is 27.4 Å². The SMILES string of the molecule is COc1ccc(N=C2S/C(=C\c3ccc(OCc4ccc(C(=O)O)o4)c(OC)c3)C(=O)N2CCc2c[nH]c3ccccc23)cc1. The smallest absolute Gasteiger partial charge is 0.371 e. The summed E-state index contributed by atoms with van der Waals surface area (Å²) in [6, 6.07) is 23.7. The fourth-order valence-electron chi connectivity index (χ4n) is 4.89. The van der Waals surface area contributed by atoms with Gasteiger partial charge in [-0.3, -0.25) is 9.69 Å². The van der Waals surface area contributed by atoms with E-state index in [2.05, 4.69) is 11.1 Å². The lowest BCUT2D eigenvalue weighted by molar-refractivity contribution is -0.122. The van der Waals surface area contributed by atoms with E-state index in [-0.39, 0.29) is 18.3 Å². The Morgan fingerprint density at radius 1 is 1.02 bits per heavy atom. The predicted molar refractivity (Wildman–Crippen MR) is 172 cm³/mol. The third-order valence-corrected chi connectivity index (χ3v) is 8.20. The number of methoxy groups -OCH3 is 2. The summed E-state index contributed by atoms with van der Waals surface area (Å²) in [5, 5.41) is 10.8. The second-order valence-corrected chi connectivity index (χ2v) is 11.0. The average molecular weight is 624 g/mol. The zero-order chi connectivity index (χ0) is 31.3. The molecule has 1 saturated heterocycles. The molecule has 0 atom stereocenters. The molecule has 0 saturated carbocycles. The number of carbonyl (C=O) groups is 2. The molecule has 2 N–H and O–H groups in total. The van der Waals surface area contributed by atoms with Crippen LogP contribution < -0.4 is 14.2 Å². The second kappa shape index (κ2) is 13.1. The summed E-state index contributed by atoms with van der Waals surface area (Å²) < 4.78 is 21.9. The van der Waals surface area contributed by atoms with Crippen molar-refractivity contribution in [3.63, 3.8) is 0 Å². The van der Waals surface area contributed by atoms with Crippen LogP contribution in [0.15, 0.2) is 99.4 Å². The molecule has 5 aromatic rings. The third-order valence-electron chi connectivity index (χ3n) is 7.19. The molecule has 0 radical (unpaired) electrons. The molecule has 6 rings (SSSR count). The molecule has 1 aliphatic rings. The molecule has 0 unspecified atom stereocenters. The lowest BCUT2D eigenvalue weighted by Crippen LogP contribution is -2.31. The van der Waals surface area contributed by atoms with Crippen molar-refractivity contribution in [3.05, 3.63) is 113 Å². The zero-order valence-corrected chi connectivity index (χ0v) is 25.3. The Hall–Kier alpha value is -5.42. The van der Waals surface area contributed by atoms with Crippen molar-refractivity contribution >= 4 is 51.5 Å². The number of aromatic carboxylic acids is 1. The van der Waals surface area contributed by atoms with Gasteiger partial charge in [-0.1, -0.05) is 24.3 Å². The van der Waals surface area contributed by atoms with Gasteiger partial charge in [0, 0.05) is 23.6 Å². The highest BCUT2D eigenvalue weighted by Crippen LogP contribution is 2.37. The number of fused-ring (bicyclic) bond motifs is 1. The van der Waals surface area contributed by atoms with E-state index < -0.39 is 5.97 Å². The number of aromatic nitrogens is 1. The lowest BCUT2D eigenvalue weighted by atomic mass is 10.1. The number of benzene rings is 3. The molecule has 1 amide bonds. The fourth-order valence-corrected chi connectivity index (χ4v) is 5.91. The minimum atomic E-state index is -1.15. The Balaban J connectivity index is 1.24. The molecule has 0 bridgehead atoms. The first-order valence-corrected chi connectivity index (χ1v) is 14.9. The highest BCUT2D eigenvalue weighted by atomic mass is 32.2. The van der Waals surface area contributed by atoms with Gasteiger partial charge in [-0.2, -0.15) is 0 Å². The van der Waals surface area contributed by atoms with Crippen LogP contribution in [0.25, 0.3) is 17.0 Å². The molecular formula is C34H29N3O7S. The van der Waals surface area contributed by atoms with Gasteiger partial charge in [0.25, 0.3) is 5.91 Å². The topological polar surface area (TPSA) is 127 Å². The Morgan fingerprint density at radius 2 is 1.84 bits per heavy atom. The van der Waals surface area contributed by atoms with Gasteiger partial charge in [0.2, 0.25) is 5.76 Å². The highest BCUT2D eigenvalue weighted by Gasteiger charge is 2.33. The zero-order valence-electron chi connectivity index (χ0n) is 24.5. The first-order valence-electron chi connectivity index (χ1n) is 14.0. The molecule has 45 heavy (non-hydrogen) atoms. The maximum absolute atomic E-state index is 13.8. The predicted octanol–water partition coefficient (Wildman–Crippen LogP) is 6.90. The van der Waals surface area contributed by atoms with Gasteiger partial charge in [0.15, 0.2) is 16.7 Å². The number of hydrogen-bond donors (Lipinski definition) is 2. The molecular weight excluding hydrogens is 594 g/mol. The third kappa shape index (κ3) is 6.58. The molecule has 10 nitrogen and oxygen atoms in total. The molecule has 0 spiro atoms.